The fraction of sp³-hybridized carbons (Fsp3) is 0.0667. The Morgan fingerprint density at radius 1 is 1.43 bits per heavy atom. The van der Waals surface area contributed by atoms with E-state index in [0.29, 0.717) is 11.4 Å². The van der Waals surface area contributed by atoms with E-state index >= 15 is 0 Å². The van der Waals surface area contributed by atoms with E-state index in [-0.39, 0.29) is 5.57 Å². The lowest BCUT2D eigenvalue weighted by Gasteiger charge is -2.05. The average Bonchev–Trinajstić information content (AvgIpc) is 2.90. The van der Waals surface area contributed by atoms with E-state index < -0.39 is 5.91 Å². The second-order valence-corrected chi connectivity index (χ2v) is 5.88. The summed E-state index contributed by atoms with van der Waals surface area (Å²) in [5.74, 6) is 0.264. The SMILES string of the molecule is COc1ccc(NC(=O)/C(C#N)=C/c2cc(Br)cs2)cc1. The molecule has 0 bridgehead atoms. The zero-order chi connectivity index (χ0) is 15.2. The van der Waals surface area contributed by atoms with Crippen molar-refractivity contribution >= 4 is 44.9 Å². The van der Waals surface area contributed by atoms with Crippen LogP contribution in [0.15, 0.2) is 45.8 Å². The number of thiophene rings is 1. The molecule has 0 spiro atoms. The molecule has 4 nitrogen and oxygen atoms in total. The molecule has 2 aromatic rings. The summed E-state index contributed by atoms with van der Waals surface area (Å²) in [4.78, 5) is 12.9. The van der Waals surface area contributed by atoms with Gasteiger partial charge in [0, 0.05) is 20.4 Å². The van der Waals surface area contributed by atoms with Crippen LogP contribution >= 0.6 is 27.3 Å². The Labute approximate surface area is 134 Å². The lowest BCUT2D eigenvalue weighted by molar-refractivity contribution is -0.112. The quantitative estimate of drug-likeness (QED) is 0.658. The highest BCUT2D eigenvalue weighted by atomic mass is 79.9. The number of carbonyl (C=O) groups excluding carboxylic acids is 1. The van der Waals surface area contributed by atoms with Gasteiger partial charge in [0.25, 0.3) is 5.91 Å². The molecule has 2 rings (SSSR count). The van der Waals surface area contributed by atoms with Gasteiger partial charge >= 0.3 is 0 Å². The first-order valence-corrected chi connectivity index (χ1v) is 7.61. The van der Waals surface area contributed by atoms with E-state index in [2.05, 4.69) is 21.2 Å². The molecule has 1 N–H and O–H groups in total. The van der Waals surface area contributed by atoms with Crippen LogP contribution in [0, 0.1) is 11.3 Å². The number of carbonyl (C=O) groups is 1. The maximum atomic E-state index is 12.1. The molecule has 1 heterocycles. The fourth-order valence-corrected chi connectivity index (χ4v) is 2.94. The van der Waals surface area contributed by atoms with E-state index in [1.807, 2.05) is 17.5 Å². The van der Waals surface area contributed by atoms with Gasteiger partial charge in [-0.25, -0.2) is 0 Å². The van der Waals surface area contributed by atoms with Crippen LogP contribution in [0.4, 0.5) is 5.69 Å². The number of hydrogen-bond donors (Lipinski definition) is 1. The summed E-state index contributed by atoms with van der Waals surface area (Å²) in [6.07, 6.45) is 1.56. The molecular weight excluding hydrogens is 352 g/mol. The number of ether oxygens (including phenoxy) is 1. The highest BCUT2D eigenvalue weighted by Gasteiger charge is 2.10. The molecule has 0 fully saturated rings. The molecule has 1 amide bonds. The summed E-state index contributed by atoms with van der Waals surface area (Å²) >= 11 is 4.79. The maximum absolute atomic E-state index is 12.1. The van der Waals surface area contributed by atoms with E-state index in [0.717, 1.165) is 9.35 Å². The van der Waals surface area contributed by atoms with Crippen molar-refractivity contribution in [2.45, 2.75) is 0 Å². The van der Waals surface area contributed by atoms with E-state index in [1.165, 1.54) is 11.3 Å². The molecule has 106 valence electrons. The summed E-state index contributed by atoms with van der Waals surface area (Å²) in [7, 11) is 1.57. The van der Waals surface area contributed by atoms with Gasteiger partial charge in [0.15, 0.2) is 0 Å². The molecule has 1 aromatic heterocycles. The van der Waals surface area contributed by atoms with Crippen LogP contribution < -0.4 is 10.1 Å². The van der Waals surface area contributed by atoms with Gasteiger partial charge in [-0.05, 0) is 52.3 Å². The van der Waals surface area contributed by atoms with Crippen LogP contribution in [0.2, 0.25) is 0 Å². The minimum absolute atomic E-state index is 0.0557. The molecule has 0 atom stereocenters. The maximum Gasteiger partial charge on any atom is 0.266 e. The second-order valence-electron chi connectivity index (χ2n) is 4.02. The molecular formula is C15H11BrN2O2S. The summed E-state index contributed by atoms with van der Waals surface area (Å²) < 4.78 is 5.97. The Morgan fingerprint density at radius 3 is 2.67 bits per heavy atom. The molecule has 0 unspecified atom stereocenters. The molecule has 0 aliphatic heterocycles. The lowest BCUT2D eigenvalue weighted by atomic mass is 10.2. The number of halogens is 1. The van der Waals surface area contributed by atoms with Crippen LogP contribution in [0.25, 0.3) is 6.08 Å². The van der Waals surface area contributed by atoms with Crippen LogP contribution in [0.1, 0.15) is 4.88 Å². The summed E-state index contributed by atoms with van der Waals surface area (Å²) in [5.41, 5.74) is 0.662. The number of nitriles is 1. The molecule has 6 heteroatoms. The van der Waals surface area contributed by atoms with Gasteiger partial charge < -0.3 is 10.1 Å². The third kappa shape index (κ3) is 4.18. The summed E-state index contributed by atoms with van der Waals surface area (Å²) in [5, 5.41) is 13.7. The Bertz CT molecular complexity index is 714. The van der Waals surface area contributed by atoms with Crippen molar-refractivity contribution in [3.63, 3.8) is 0 Å². The van der Waals surface area contributed by atoms with Crippen molar-refractivity contribution in [3.8, 4) is 11.8 Å². The van der Waals surface area contributed by atoms with Crippen molar-refractivity contribution in [2.75, 3.05) is 12.4 Å². The number of nitrogens with zero attached hydrogens (tertiary/aromatic N) is 1. The topological polar surface area (TPSA) is 62.1 Å². The van der Waals surface area contributed by atoms with Crippen molar-refractivity contribution in [1.82, 2.24) is 0 Å². The van der Waals surface area contributed by atoms with Gasteiger partial charge in [-0.3, -0.25) is 4.79 Å². The van der Waals surface area contributed by atoms with Crippen molar-refractivity contribution in [2.24, 2.45) is 0 Å². The minimum atomic E-state index is -0.438. The highest BCUT2D eigenvalue weighted by Crippen LogP contribution is 2.22. The van der Waals surface area contributed by atoms with Crippen LogP contribution in [-0.2, 0) is 4.79 Å². The number of nitrogens with one attached hydrogen (secondary N) is 1. The van der Waals surface area contributed by atoms with Gasteiger partial charge in [-0.15, -0.1) is 11.3 Å². The lowest BCUT2D eigenvalue weighted by Crippen LogP contribution is -2.13. The van der Waals surface area contributed by atoms with E-state index in [1.54, 1.807) is 37.5 Å². The van der Waals surface area contributed by atoms with Gasteiger partial charge in [0.2, 0.25) is 0 Å². The van der Waals surface area contributed by atoms with Gasteiger partial charge in [0.1, 0.15) is 17.4 Å². The summed E-state index contributed by atoms with van der Waals surface area (Å²) in [6.45, 7) is 0. The number of methoxy groups -OCH3 is 1. The van der Waals surface area contributed by atoms with Gasteiger partial charge in [0.05, 0.1) is 7.11 Å². The minimum Gasteiger partial charge on any atom is -0.497 e. The standard InChI is InChI=1S/C15H11BrN2O2S/c1-20-13-4-2-12(3-5-13)18-15(19)10(8-17)6-14-7-11(16)9-21-14/h2-7,9H,1H3,(H,18,19)/b10-6+. The van der Waals surface area contributed by atoms with Crippen LogP contribution in [-0.4, -0.2) is 13.0 Å². The Morgan fingerprint density at radius 2 is 2.14 bits per heavy atom. The van der Waals surface area contributed by atoms with Crippen LogP contribution in [0.3, 0.4) is 0 Å². The largest absolute Gasteiger partial charge is 0.497 e. The molecule has 1 aromatic carbocycles. The second kappa shape index (κ2) is 7.07. The smallest absolute Gasteiger partial charge is 0.266 e. The number of benzene rings is 1. The first-order chi connectivity index (χ1) is 10.1. The monoisotopic (exact) mass is 362 g/mol. The zero-order valence-electron chi connectivity index (χ0n) is 11.1. The van der Waals surface area contributed by atoms with Crippen LogP contribution in [0.5, 0.6) is 5.75 Å². The first-order valence-electron chi connectivity index (χ1n) is 5.93. The third-order valence-corrected chi connectivity index (χ3v) is 4.23. The van der Waals surface area contributed by atoms with Gasteiger partial charge in [-0.2, -0.15) is 5.26 Å². The fourth-order valence-electron chi connectivity index (χ4n) is 1.57. The number of hydrogen-bond acceptors (Lipinski definition) is 4. The number of anilines is 1. The predicted octanol–water partition coefficient (Wildman–Crippen LogP) is 4.06. The predicted molar refractivity (Wildman–Crippen MR) is 87.2 cm³/mol. The number of amides is 1. The third-order valence-electron chi connectivity index (χ3n) is 2.59. The van der Waals surface area contributed by atoms with Gasteiger partial charge in [-0.1, -0.05) is 0 Å². The molecule has 0 saturated heterocycles. The molecule has 21 heavy (non-hydrogen) atoms. The molecule has 0 saturated carbocycles. The summed E-state index contributed by atoms with van der Waals surface area (Å²) in [6, 6.07) is 10.7. The van der Waals surface area contributed by atoms with Crippen molar-refractivity contribution < 1.29 is 9.53 Å². The Balaban J connectivity index is 2.13. The zero-order valence-corrected chi connectivity index (χ0v) is 13.5. The Kier molecular flexibility index (Phi) is 5.14. The molecule has 0 aliphatic rings. The van der Waals surface area contributed by atoms with Crippen molar-refractivity contribution in [1.29, 1.82) is 5.26 Å². The van der Waals surface area contributed by atoms with E-state index in [9.17, 15) is 4.79 Å². The van der Waals surface area contributed by atoms with Crippen molar-refractivity contribution in [3.05, 3.63) is 50.6 Å². The van der Waals surface area contributed by atoms with E-state index in [4.69, 9.17) is 10.00 Å². The Hall–Kier alpha value is -2.10. The number of rotatable bonds is 4. The highest BCUT2D eigenvalue weighted by molar-refractivity contribution is 9.10. The average molecular weight is 363 g/mol. The molecule has 0 radical (unpaired) electrons. The normalized spacial score (nSPS) is 10.8. The first kappa shape index (κ1) is 15.3. The molecule has 0 aliphatic carbocycles.